The summed E-state index contributed by atoms with van der Waals surface area (Å²) in [6.07, 6.45) is -1.91. The molecule has 3 aliphatic rings. The molecule has 1 heterocycles. The molecule has 38 heavy (non-hydrogen) atoms. The lowest BCUT2D eigenvalue weighted by Crippen LogP contribution is -2.53. The van der Waals surface area contributed by atoms with Crippen molar-refractivity contribution in [2.45, 2.75) is 69.4 Å². The number of anilines is 1. The number of carbonyl (C=O) groups is 3. The summed E-state index contributed by atoms with van der Waals surface area (Å²) in [7, 11) is 0. The van der Waals surface area contributed by atoms with Gasteiger partial charge in [0.1, 0.15) is 11.6 Å². The van der Waals surface area contributed by atoms with Gasteiger partial charge in [0, 0.05) is 41.2 Å². The molecule has 3 atom stereocenters. The fourth-order valence-corrected chi connectivity index (χ4v) is 5.91. The molecule has 0 aromatic heterocycles. The summed E-state index contributed by atoms with van der Waals surface area (Å²) in [5, 5.41) is 9.10. The lowest BCUT2D eigenvalue weighted by atomic mass is 9.81. The second kappa shape index (κ2) is 9.92. The molecular formula is C27H26F4N2O5. The molecule has 202 valence electrons. The summed E-state index contributed by atoms with van der Waals surface area (Å²) in [4.78, 5) is 41.4. The minimum atomic E-state index is -4.92. The van der Waals surface area contributed by atoms with Crippen molar-refractivity contribution in [2.24, 2.45) is 5.92 Å². The summed E-state index contributed by atoms with van der Waals surface area (Å²) in [6.45, 7) is 0. The van der Waals surface area contributed by atoms with E-state index in [0.717, 1.165) is 31.4 Å². The predicted molar refractivity (Wildman–Crippen MR) is 127 cm³/mol. The maximum atomic E-state index is 14.6. The van der Waals surface area contributed by atoms with Crippen molar-refractivity contribution < 1.29 is 41.8 Å². The van der Waals surface area contributed by atoms with Crippen LogP contribution >= 0.6 is 0 Å². The van der Waals surface area contributed by atoms with Crippen LogP contribution in [0.3, 0.4) is 0 Å². The molecule has 0 spiro atoms. The van der Waals surface area contributed by atoms with Gasteiger partial charge in [0.2, 0.25) is 5.91 Å². The van der Waals surface area contributed by atoms with Gasteiger partial charge < -0.3 is 19.6 Å². The third-order valence-corrected chi connectivity index (χ3v) is 7.45. The van der Waals surface area contributed by atoms with Gasteiger partial charge in [-0.05, 0) is 62.1 Å². The fourth-order valence-electron chi connectivity index (χ4n) is 5.91. The Morgan fingerprint density at radius 1 is 1.03 bits per heavy atom. The van der Waals surface area contributed by atoms with E-state index < -0.39 is 35.8 Å². The standard InChI is InChI=1S/C27H26F4N2O5/c28-16-7-10-22-20(14-16)25(32(17-8-9-17)23(34)11-12-24(35)36)19-5-2-6-21(19)33(22)26(37)15-3-1-4-18(13-15)38-27(29,30)31/h1,3-4,7,10,13-14,17,19,21,25H,2,5-6,8-9,11-12H2,(H,35,36)/t19-,21+,25-/m1/s1. The normalized spacial score (nSPS) is 22.4. The van der Waals surface area contributed by atoms with E-state index in [4.69, 9.17) is 5.11 Å². The number of alkyl halides is 3. The lowest BCUT2D eigenvalue weighted by molar-refractivity contribution is -0.274. The average Bonchev–Trinajstić information content (AvgIpc) is 3.57. The van der Waals surface area contributed by atoms with Crippen molar-refractivity contribution in [3.05, 3.63) is 59.4 Å². The Balaban J connectivity index is 1.55. The first-order chi connectivity index (χ1) is 18.0. The minimum Gasteiger partial charge on any atom is -0.481 e. The van der Waals surface area contributed by atoms with Gasteiger partial charge in [-0.15, -0.1) is 13.2 Å². The quantitative estimate of drug-likeness (QED) is 0.478. The summed E-state index contributed by atoms with van der Waals surface area (Å²) < 4.78 is 56.9. The predicted octanol–water partition coefficient (Wildman–Crippen LogP) is 5.45. The van der Waals surface area contributed by atoms with Crippen LogP contribution in [0.5, 0.6) is 5.75 Å². The van der Waals surface area contributed by atoms with E-state index in [9.17, 15) is 31.9 Å². The number of halogens is 4. The van der Waals surface area contributed by atoms with Crippen LogP contribution in [0.25, 0.3) is 0 Å². The van der Waals surface area contributed by atoms with Gasteiger partial charge in [-0.3, -0.25) is 14.4 Å². The average molecular weight is 535 g/mol. The zero-order valence-electron chi connectivity index (χ0n) is 20.3. The van der Waals surface area contributed by atoms with Crippen LogP contribution < -0.4 is 9.64 Å². The monoisotopic (exact) mass is 534 g/mol. The van der Waals surface area contributed by atoms with Gasteiger partial charge in [-0.1, -0.05) is 12.5 Å². The smallest absolute Gasteiger partial charge is 0.481 e. The van der Waals surface area contributed by atoms with Crippen LogP contribution in [0, 0.1) is 11.7 Å². The van der Waals surface area contributed by atoms with Gasteiger partial charge in [0.15, 0.2) is 0 Å². The zero-order chi connectivity index (χ0) is 27.2. The molecule has 2 aromatic rings. The summed E-state index contributed by atoms with van der Waals surface area (Å²) >= 11 is 0. The third-order valence-electron chi connectivity index (χ3n) is 7.45. The van der Waals surface area contributed by atoms with Crippen LogP contribution in [0.15, 0.2) is 42.5 Å². The highest BCUT2D eigenvalue weighted by atomic mass is 19.4. The van der Waals surface area contributed by atoms with Gasteiger partial charge in [-0.2, -0.15) is 0 Å². The molecule has 0 saturated heterocycles. The number of hydrogen-bond donors (Lipinski definition) is 1. The first kappa shape index (κ1) is 26.0. The second-order valence-corrected chi connectivity index (χ2v) is 9.99. The Kier molecular flexibility index (Phi) is 6.79. The Hall–Kier alpha value is -3.63. The van der Waals surface area contributed by atoms with Crippen LogP contribution in [-0.2, 0) is 9.59 Å². The molecule has 5 rings (SSSR count). The summed E-state index contributed by atoms with van der Waals surface area (Å²) in [5.74, 6) is -3.27. The van der Waals surface area contributed by atoms with Crippen LogP contribution in [0.4, 0.5) is 23.2 Å². The van der Waals surface area contributed by atoms with Crippen molar-refractivity contribution in [1.29, 1.82) is 0 Å². The van der Waals surface area contributed by atoms with E-state index in [0.29, 0.717) is 24.1 Å². The Bertz CT molecular complexity index is 1260. The molecule has 0 bridgehead atoms. The number of rotatable bonds is 7. The van der Waals surface area contributed by atoms with Crippen molar-refractivity contribution in [2.75, 3.05) is 4.90 Å². The number of carboxylic acid groups (broad SMARTS) is 1. The highest BCUT2D eigenvalue weighted by molar-refractivity contribution is 6.07. The van der Waals surface area contributed by atoms with Crippen molar-refractivity contribution in [3.8, 4) is 5.75 Å². The van der Waals surface area contributed by atoms with E-state index in [-0.39, 0.29) is 42.3 Å². The third kappa shape index (κ3) is 5.19. The van der Waals surface area contributed by atoms with E-state index >= 15 is 0 Å². The zero-order valence-corrected chi connectivity index (χ0v) is 20.3. The van der Waals surface area contributed by atoms with Crippen LogP contribution in [0.2, 0.25) is 0 Å². The molecule has 1 aliphatic heterocycles. The van der Waals surface area contributed by atoms with Gasteiger partial charge in [-0.25, -0.2) is 4.39 Å². The van der Waals surface area contributed by atoms with E-state index in [2.05, 4.69) is 4.74 Å². The Morgan fingerprint density at radius 2 is 1.79 bits per heavy atom. The molecule has 11 heteroatoms. The molecule has 2 fully saturated rings. The van der Waals surface area contributed by atoms with E-state index in [1.165, 1.54) is 35.2 Å². The number of benzene rings is 2. The Morgan fingerprint density at radius 3 is 2.47 bits per heavy atom. The first-order valence-electron chi connectivity index (χ1n) is 12.6. The number of carbonyl (C=O) groups excluding carboxylic acids is 2. The van der Waals surface area contributed by atoms with Crippen molar-refractivity contribution >= 4 is 23.5 Å². The highest BCUT2D eigenvalue weighted by Crippen LogP contribution is 2.53. The molecule has 7 nitrogen and oxygen atoms in total. The largest absolute Gasteiger partial charge is 0.573 e. The van der Waals surface area contributed by atoms with Crippen molar-refractivity contribution in [1.82, 2.24) is 4.90 Å². The lowest BCUT2D eigenvalue weighted by Gasteiger charge is -2.48. The van der Waals surface area contributed by atoms with Gasteiger partial charge >= 0.3 is 12.3 Å². The number of aliphatic carboxylic acids is 1. The Labute approximate surface area is 216 Å². The van der Waals surface area contributed by atoms with Crippen LogP contribution in [0.1, 0.15) is 66.9 Å². The summed E-state index contributed by atoms with van der Waals surface area (Å²) in [5.41, 5.74) is 0.825. The molecule has 0 radical (unpaired) electrons. The fraction of sp³-hybridized carbons (Fsp3) is 0.444. The maximum Gasteiger partial charge on any atom is 0.573 e. The molecule has 0 unspecified atom stereocenters. The van der Waals surface area contributed by atoms with Gasteiger partial charge in [0.25, 0.3) is 5.91 Å². The molecule has 2 saturated carbocycles. The summed E-state index contributed by atoms with van der Waals surface area (Å²) in [6, 6.07) is 7.82. The molecule has 1 N–H and O–H groups in total. The highest BCUT2D eigenvalue weighted by Gasteiger charge is 2.51. The topological polar surface area (TPSA) is 87.2 Å². The SMILES string of the molecule is O=C(O)CCC(=O)N(C1CC1)[C@H]1c2cc(F)ccc2N(C(=O)c2cccc(OC(F)(F)F)c2)[C@H]2CCC[C@H]21. The molecule has 2 amide bonds. The number of amides is 2. The number of fused-ring (bicyclic) bond motifs is 2. The van der Waals surface area contributed by atoms with E-state index in [1.54, 1.807) is 4.90 Å². The molecule has 2 aliphatic carbocycles. The first-order valence-corrected chi connectivity index (χ1v) is 12.6. The molecular weight excluding hydrogens is 508 g/mol. The maximum absolute atomic E-state index is 14.6. The number of carboxylic acids is 1. The van der Waals surface area contributed by atoms with Crippen LogP contribution in [-0.4, -0.2) is 46.2 Å². The second-order valence-electron chi connectivity index (χ2n) is 9.99. The van der Waals surface area contributed by atoms with E-state index in [1.807, 2.05) is 0 Å². The number of hydrogen-bond acceptors (Lipinski definition) is 4. The number of nitrogens with zero attached hydrogens (tertiary/aromatic N) is 2. The number of ether oxygens (including phenoxy) is 1. The van der Waals surface area contributed by atoms with Gasteiger partial charge in [0.05, 0.1) is 12.5 Å². The minimum absolute atomic E-state index is 0.0114. The molecule has 2 aromatic carbocycles. The van der Waals surface area contributed by atoms with Crippen molar-refractivity contribution in [3.63, 3.8) is 0 Å².